The quantitative estimate of drug-likeness (QED) is 0.199. The lowest BCUT2D eigenvalue weighted by Crippen LogP contribution is -2.48. The Hall–Kier alpha value is -2.87. The first-order valence-electron chi connectivity index (χ1n) is 12.4. The molecule has 1 heterocycles. The Morgan fingerprint density at radius 1 is 0.897 bits per heavy atom. The highest BCUT2D eigenvalue weighted by Crippen LogP contribution is 2.35. The Labute approximate surface area is 229 Å². The summed E-state index contributed by atoms with van der Waals surface area (Å²) >= 11 is 5.88. The maximum Gasteiger partial charge on any atom is 0.416 e. The number of benzene rings is 2. The van der Waals surface area contributed by atoms with Crippen LogP contribution in [-0.2, 0) is 25.8 Å². The summed E-state index contributed by atoms with van der Waals surface area (Å²) in [5.41, 5.74) is 1.43. The average Bonchev–Trinajstić information content (AvgIpc) is 2.90. The molecule has 0 aliphatic carbocycles. The van der Waals surface area contributed by atoms with Crippen molar-refractivity contribution in [2.24, 2.45) is 0 Å². The third-order valence-corrected chi connectivity index (χ3v) is 8.40. The predicted octanol–water partition coefficient (Wildman–Crippen LogP) is 4.65. The number of piperazine rings is 1. The molecule has 1 aliphatic heterocycles. The minimum atomic E-state index is -4.54. The molecule has 1 fully saturated rings. The van der Waals surface area contributed by atoms with Crippen LogP contribution in [0.3, 0.4) is 0 Å². The van der Waals surface area contributed by atoms with E-state index in [9.17, 15) is 31.2 Å². The van der Waals surface area contributed by atoms with Gasteiger partial charge in [0.05, 0.1) is 10.5 Å². The van der Waals surface area contributed by atoms with Crippen molar-refractivity contribution in [2.45, 2.75) is 49.6 Å². The lowest BCUT2D eigenvalue weighted by Gasteiger charge is -2.35. The van der Waals surface area contributed by atoms with Gasteiger partial charge in [-0.05, 0) is 55.3 Å². The van der Waals surface area contributed by atoms with Gasteiger partial charge in [0.25, 0.3) is 0 Å². The summed E-state index contributed by atoms with van der Waals surface area (Å²) in [6, 6.07) is 9.07. The van der Waals surface area contributed by atoms with E-state index >= 15 is 0 Å². The molecule has 0 unspecified atom stereocenters. The van der Waals surface area contributed by atoms with Crippen LogP contribution in [0.4, 0.5) is 24.5 Å². The summed E-state index contributed by atoms with van der Waals surface area (Å²) in [7, 11) is -3.84. The monoisotopic (exact) mass is 590 g/mol. The number of unbranched alkanes of at least 4 members (excludes halogenated alkanes) is 3. The van der Waals surface area contributed by atoms with Crippen molar-refractivity contribution in [3.8, 4) is 0 Å². The summed E-state index contributed by atoms with van der Waals surface area (Å²) in [4.78, 5) is 24.8. The van der Waals surface area contributed by atoms with Crippen LogP contribution >= 0.6 is 11.6 Å². The molecule has 2 aromatic rings. The van der Waals surface area contributed by atoms with Crippen LogP contribution in [0.25, 0.3) is 0 Å². The minimum Gasteiger partial charge on any atom is -0.369 e. The van der Waals surface area contributed by atoms with Gasteiger partial charge in [-0.1, -0.05) is 24.4 Å². The third-order valence-electron chi connectivity index (χ3n) is 6.27. The first-order chi connectivity index (χ1) is 18.4. The summed E-state index contributed by atoms with van der Waals surface area (Å²) in [5, 5.41) is 11.1. The lowest BCUT2D eigenvalue weighted by molar-refractivity contribution is -0.137. The number of hydroxylamine groups is 1. The Kier molecular flexibility index (Phi) is 10.6. The van der Waals surface area contributed by atoms with Gasteiger partial charge in [-0.2, -0.15) is 17.5 Å². The van der Waals surface area contributed by atoms with Gasteiger partial charge in [-0.3, -0.25) is 14.8 Å². The van der Waals surface area contributed by atoms with Crippen molar-refractivity contribution >= 4 is 44.8 Å². The Morgan fingerprint density at radius 3 is 2.05 bits per heavy atom. The maximum absolute atomic E-state index is 13.1. The number of carbonyl (C=O) groups excluding carboxylic acids is 2. The number of hydrogen-bond donors (Lipinski definition) is 3. The topological polar surface area (TPSA) is 119 Å². The van der Waals surface area contributed by atoms with Gasteiger partial charge in [-0.15, -0.1) is 0 Å². The zero-order chi connectivity index (χ0) is 28.6. The molecule has 3 N–H and O–H groups in total. The van der Waals surface area contributed by atoms with E-state index in [2.05, 4.69) is 5.32 Å². The second-order valence-electron chi connectivity index (χ2n) is 9.11. The summed E-state index contributed by atoms with van der Waals surface area (Å²) in [6.45, 7) is 0.554. The first kappa shape index (κ1) is 30.7. The summed E-state index contributed by atoms with van der Waals surface area (Å²) in [6.07, 6.45) is -1.33. The van der Waals surface area contributed by atoms with Crippen LogP contribution in [0.1, 0.15) is 44.1 Å². The fourth-order valence-electron chi connectivity index (χ4n) is 4.17. The van der Waals surface area contributed by atoms with Crippen LogP contribution in [0.2, 0.25) is 5.02 Å². The van der Waals surface area contributed by atoms with E-state index < -0.39 is 27.7 Å². The van der Waals surface area contributed by atoms with Gasteiger partial charge < -0.3 is 10.2 Å². The molecule has 2 aromatic carbocycles. The predicted molar refractivity (Wildman–Crippen MR) is 140 cm³/mol. The van der Waals surface area contributed by atoms with Crippen LogP contribution < -0.4 is 15.7 Å². The van der Waals surface area contributed by atoms with Crippen LogP contribution in [0.5, 0.6) is 0 Å². The first-order valence-corrected chi connectivity index (χ1v) is 14.2. The van der Waals surface area contributed by atoms with Crippen molar-refractivity contribution < 1.29 is 36.4 Å². The average molecular weight is 591 g/mol. The minimum absolute atomic E-state index is 0.0444. The zero-order valence-corrected chi connectivity index (χ0v) is 22.6. The molecule has 0 radical (unpaired) electrons. The van der Waals surface area contributed by atoms with E-state index in [0.717, 1.165) is 25.0 Å². The SMILES string of the molecule is O=C(CCCCCCC(=O)Nc1ccc(S(=O)(=O)N2CCN(c3cc(Cl)cc(C(F)(F)F)c3)CC2)cc1)NO. The zero-order valence-electron chi connectivity index (χ0n) is 21.0. The largest absolute Gasteiger partial charge is 0.416 e. The fourth-order valence-corrected chi connectivity index (χ4v) is 5.82. The Morgan fingerprint density at radius 2 is 1.49 bits per heavy atom. The second kappa shape index (κ2) is 13.5. The van der Waals surface area contributed by atoms with Crippen LogP contribution in [0, 0.1) is 0 Å². The highest BCUT2D eigenvalue weighted by Gasteiger charge is 2.33. The van der Waals surface area contributed by atoms with Gasteiger partial charge in [-0.25, -0.2) is 13.9 Å². The van der Waals surface area contributed by atoms with E-state index in [-0.39, 0.29) is 60.5 Å². The molecule has 0 aromatic heterocycles. The van der Waals surface area contributed by atoms with Gasteiger partial charge in [0.15, 0.2) is 0 Å². The van der Waals surface area contributed by atoms with Crippen molar-refractivity contribution in [2.75, 3.05) is 36.4 Å². The molecular formula is C25H30ClF3N4O5S. The number of amides is 2. The molecule has 9 nitrogen and oxygen atoms in total. The van der Waals surface area contributed by atoms with E-state index in [1.165, 1.54) is 34.6 Å². The highest BCUT2D eigenvalue weighted by molar-refractivity contribution is 7.89. The van der Waals surface area contributed by atoms with Crippen molar-refractivity contribution in [3.05, 3.63) is 53.1 Å². The molecular weight excluding hydrogens is 561 g/mol. The molecule has 2 amide bonds. The second-order valence-corrected chi connectivity index (χ2v) is 11.5. The smallest absolute Gasteiger partial charge is 0.369 e. The molecule has 0 saturated carbocycles. The van der Waals surface area contributed by atoms with Gasteiger partial charge in [0, 0.05) is 55.4 Å². The number of alkyl halides is 3. The Bertz CT molecular complexity index is 1250. The molecule has 14 heteroatoms. The number of rotatable bonds is 11. The molecule has 1 aliphatic rings. The van der Waals surface area contributed by atoms with E-state index in [4.69, 9.17) is 16.8 Å². The van der Waals surface area contributed by atoms with E-state index in [1.807, 2.05) is 0 Å². The van der Waals surface area contributed by atoms with Gasteiger partial charge in [0.1, 0.15) is 0 Å². The summed E-state index contributed by atoms with van der Waals surface area (Å²) < 4.78 is 66.9. The Balaban J connectivity index is 1.50. The molecule has 1 saturated heterocycles. The molecule has 214 valence electrons. The van der Waals surface area contributed by atoms with Crippen LogP contribution in [-0.4, -0.2) is 55.9 Å². The molecule has 3 rings (SSSR count). The van der Waals surface area contributed by atoms with Crippen molar-refractivity contribution in [3.63, 3.8) is 0 Å². The van der Waals surface area contributed by atoms with Crippen molar-refractivity contribution in [1.82, 2.24) is 9.79 Å². The standard InChI is InChI=1S/C25H30ClF3N4O5S/c26-19-15-18(25(27,28)29)16-21(17-19)32-11-13-33(14-12-32)39(37,38)22-9-7-20(8-10-22)30-23(34)5-3-1-2-4-6-24(35)31-36/h7-10,15-17,36H,1-6,11-14H2,(H,30,34)(H,31,35). The number of anilines is 2. The van der Waals surface area contributed by atoms with E-state index in [1.54, 1.807) is 10.4 Å². The maximum atomic E-state index is 13.1. The van der Waals surface area contributed by atoms with Crippen LogP contribution in [0.15, 0.2) is 47.4 Å². The number of carbonyl (C=O) groups is 2. The summed E-state index contributed by atoms with van der Waals surface area (Å²) in [5.74, 6) is -0.662. The lowest BCUT2D eigenvalue weighted by atomic mass is 10.1. The highest BCUT2D eigenvalue weighted by atomic mass is 35.5. The fraction of sp³-hybridized carbons (Fsp3) is 0.440. The number of nitrogens with one attached hydrogen (secondary N) is 2. The number of nitrogens with zero attached hydrogens (tertiary/aromatic N) is 2. The number of hydrogen-bond acceptors (Lipinski definition) is 6. The number of halogens is 4. The van der Waals surface area contributed by atoms with Crippen molar-refractivity contribution in [1.29, 1.82) is 0 Å². The van der Waals surface area contributed by atoms with Gasteiger partial charge >= 0.3 is 6.18 Å². The van der Waals surface area contributed by atoms with E-state index in [0.29, 0.717) is 18.5 Å². The molecule has 0 bridgehead atoms. The molecule has 0 atom stereocenters. The number of sulfonamides is 1. The third kappa shape index (κ3) is 8.82. The normalized spacial score (nSPS) is 14.7. The molecule has 0 spiro atoms. The van der Waals surface area contributed by atoms with Gasteiger partial charge in [0.2, 0.25) is 21.8 Å². The molecule has 39 heavy (non-hydrogen) atoms.